The van der Waals surface area contributed by atoms with Crippen molar-refractivity contribution in [1.29, 1.82) is 0 Å². The van der Waals surface area contributed by atoms with Crippen molar-refractivity contribution in [2.24, 2.45) is 0 Å². The van der Waals surface area contributed by atoms with Crippen LogP contribution < -0.4 is 5.32 Å². The quantitative estimate of drug-likeness (QED) is 0.775. The summed E-state index contributed by atoms with van der Waals surface area (Å²) in [7, 11) is 0. The maximum atomic E-state index is 12.6. The molecule has 0 unspecified atom stereocenters. The van der Waals surface area contributed by atoms with Crippen LogP contribution in [0.25, 0.3) is 10.9 Å². The van der Waals surface area contributed by atoms with Crippen LogP contribution in [-0.4, -0.2) is 33.3 Å². The maximum Gasteiger partial charge on any atom is 0.268 e. The first-order chi connectivity index (χ1) is 11.7. The number of para-hydroxylation sites is 1. The molecule has 1 aliphatic heterocycles. The van der Waals surface area contributed by atoms with Crippen molar-refractivity contribution in [3.05, 3.63) is 54.0 Å². The Kier molecular flexibility index (Phi) is 3.82. The van der Waals surface area contributed by atoms with Crippen LogP contribution in [0.15, 0.2) is 42.7 Å². The number of carbonyl (C=O) groups excluding carboxylic acids is 1. The Hall–Kier alpha value is -2.60. The van der Waals surface area contributed by atoms with Crippen LogP contribution in [0.1, 0.15) is 35.5 Å². The second kappa shape index (κ2) is 6.13. The Morgan fingerprint density at radius 3 is 3.12 bits per heavy atom. The third-order valence-electron chi connectivity index (χ3n) is 4.49. The van der Waals surface area contributed by atoms with Gasteiger partial charge in [-0.2, -0.15) is 5.10 Å². The summed E-state index contributed by atoms with van der Waals surface area (Å²) in [4.78, 5) is 15.8. The van der Waals surface area contributed by atoms with Gasteiger partial charge in [-0.05, 0) is 25.5 Å². The van der Waals surface area contributed by atoms with E-state index in [4.69, 9.17) is 4.74 Å². The van der Waals surface area contributed by atoms with E-state index in [-0.39, 0.29) is 18.1 Å². The maximum absolute atomic E-state index is 12.6. The number of amides is 1. The van der Waals surface area contributed by atoms with Gasteiger partial charge in [0, 0.05) is 35.8 Å². The van der Waals surface area contributed by atoms with Crippen molar-refractivity contribution in [2.45, 2.75) is 32.0 Å². The molecular weight excluding hydrogens is 304 g/mol. The van der Waals surface area contributed by atoms with E-state index in [0.717, 1.165) is 29.4 Å². The summed E-state index contributed by atoms with van der Waals surface area (Å²) >= 11 is 0. The fourth-order valence-electron chi connectivity index (χ4n) is 3.21. The lowest BCUT2D eigenvalue weighted by Crippen LogP contribution is -2.36. The lowest BCUT2D eigenvalue weighted by molar-refractivity contribution is 0.0818. The number of benzene rings is 1. The highest BCUT2D eigenvalue weighted by Crippen LogP contribution is 2.29. The van der Waals surface area contributed by atoms with Gasteiger partial charge in [0.1, 0.15) is 11.8 Å². The van der Waals surface area contributed by atoms with Gasteiger partial charge < -0.3 is 15.0 Å². The molecule has 0 radical (unpaired) electrons. The zero-order chi connectivity index (χ0) is 16.5. The summed E-state index contributed by atoms with van der Waals surface area (Å²) < 4.78 is 7.70. The van der Waals surface area contributed by atoms with E-state index in [1.165, 1.54) is 0 Å². The Labute approximate surface area is 139 Å². The first-order valence-corrected chi connectivity index (χ1v) is 8.27. The molecular formula is C18H20N4O2. The molecule has 0 aliphatic carbocycles. The number of aromatic amines is 1. The molecule has 6 nitrogen and oxygen atoms in total. The van der Waals surface area contributed by atoms with E-state index in [1.54, 1.807) is 0 Å². The Bertz CT molecular complexity index is 834. The standard InChI is InChI=1S/C18H20N4O2/c1-2-22-11-13(10-19-22)17-15(7-8-24-17)21-18(23)16-9-12-5-3-4-6-14(12)20-16/h3-6,9-11,15,17,20H,2,7-8H2,1H3,(H,21,23)/t15-,17+/m0/s1. The molecule has 2 aromatic heterocycles. The number of aromatic nitrogens is 3. The number of carbonyl (C=O) groups is 1. The molecule has 1 aliphatic rings. The molecule has 0 spiro atoms. The van der Waals surface area contributed by atoms with Gasteiger partial charge in [-0.1, -0.05) is 18.2 Å². The largest absolute Gasteiger partial charge is 0.371 e. The van der Waals surface area contributed by atoms with Crippen LogP contribution in [0, 0.1) is 0 Å². The zero-order valence-electron chi connectivity index (χ0n) is 13.5. The number of nitrogens with one attached hydrogen (secondary N) is 2. The normalized spacial score (nSPS) is 20.5. The molecule has 0 saturated carbocycles. The molecule has 4 rings (SSSR count). The van der Waals surface area contributed by atoms with E-state index in [0.29, 0.717) is 12.3 Å². The van der Waals surface area contributed by atoms with E-state index in [2.05, 4.69) is 15.4 Å². The number of rotatable bonds is 4. The van der Waals surface area contributed by atoms with E-state index in [9.17, 15) is 4.79 Å². The van der Waals surface area contributed by atoms with E-state index >= 15 is 0 Å². The molecule has 3 aromatic rings. The van der Waals surface area contributed by atoms with Crippen molar-refractivity contribution >= 4 is 16.8 Å². The molecule has 124 valence electrons. The van der Waals surface area contributed by atoms with Gasteiger partial charge >= 0.3 is 0 Å². The summed E-state index contributed by atoms with van der Waals surface area (Å²) in [5, 5.41) is 8.43. The molecule has 1 amide bonds. The number of fused-ring (bicyclic) bond motifs is 1. The molecule has 1 saturated heterocycles. The van der Waals surface area contributed by atoms with Crippen LogP contribution in [-0.2, 0) is 11.3 Å². The van der Waals surface area contributed by atoms with Crippen LogP contribution in [0.3, 0.4) is 0 Å². The SMILES string of the molecule is CCn1cc([C@H]2OCC[C@@H]2NC(=O)c2cc3ccccc3[nH]2)cn1. The third kappa shape index (κ3) is 2.69. The lowest BCUT2D eigenvalue weighted by Gasteiger charge is -2.18. The van der Waals surface area contributed by atoms with E-state index in [1.807, 2.05) is 54.3 Å². The van der Waals surface area contributed by atoms with Gasteiger partial charge in [-0.15, -0.1) is 0 Å². The van der Waals surface area contributed by atoms with Gasteiger partial charge in [0.05, 0.1) is 12.2 Å². The van der Waals surface area contributed by atoms with Gasteiger partial charge in [-0.25, -0.2) is 0 Å². The highest BCUT2D eigenvalue weighted by atomic mass is 16.5. The lowest BCUT2D eigenvalue weighted by atomic mass is 10.1. The fraction of sp³-hybridized carbons (Fsp3) is 0.333. The van der Waals surface area contributed by atoms with Crippen molar-refractivity contribution in [3.8, 4) is 0 Å². The Morgan fingerprint density at radius 2 is 2.33 bits per heavy atom. The van der Waals surface area contributed by atoms with Crippen LogP contribution in [0.2, 0.25) is 0 Å². The predicted molar refractivity (Wildman–Crippen MR) is 90.8 cm³/mol. The highest BCUT2D eigenvalue weighted by Gasteiger charge is 2.32. The van der Waals surface area contributed by atoms with Crippen molar-refractivity contribution in [3.63, 3.8) is 0 Å². The first kappa shape index (κ1) is 15.0. The number of hydrogen-bond acceptors (Lipinski definition) is 3. The number of H-pyrrole nitrogens is 1. The van der Waals surface area contributed by atoms with Crippen LogP contribution in [0.5, 0.6) is 0 Å². The van der Waals surface area contributed by atoms with Crippen molar-refractivity contribution in [1.82, 2.24) is 20.1 Å². The minimum Gasteiger partial charge on any atom is -0.371 e. The molecule has 1 fully saturated rings. The van der Waals surface area contributed by atoms with Crippen molar-refractivity contribution in [2.75, 3.05) is 6.61 Å². The highest BCUT2D eigenvalue weighted by molar-refractivity contribution is 5.98. The number of nitrogens with zero attached hydrogens (tertiary/aromatic N) is 2. The summed E-state index contributed by atoms with van der Waals surface area (Å²) in [6.45, 7) is 3.50. The summed E-state index contributed by atoms with van der Waals surface area (Å²) in [5.41, 5.74) is 2.55. The smallest absolute Gasteiger partial charge is 0.268 e. The average Bonchev–Trinajstić information content (AvgIpc) is 3.32. The number of aryl methyl sites for hydroxylation is 1. The zero-order valence-corrected chi connectivity index (χ0v) is 13.5. The topological polar surface area (TPSA) is 71.9 Å². The van der Waals surface area contributed by atoms with E-state index < -0.39 is 0 Å². The third-order valence-corrected chi connectivity index (χ3v) is 4.49. The number of hydrogen-bond donors (Lipinski definition) is 2. The molecule has 2 N–H and O–H groups in total. The summed E-state index contributed by atoms with van der Waals surface area (Å²) in [5.74, 6) is -0.102. The minimum atomic E-state index is -0.140. The number of ether oxygens (including phenoxy) is 1. The van der Waals surface area contributed by atoms with Crippen LogP contribution >= 0.6 is 0 Å². The molecule has 3 heterocycles. The second-order valence-corrected chi connectivity index (χ2v) is 6.06. The van der Waals surface area contributed by atoms with Gasteiger partial charge in [0.25, 0.3) is 5.91 Å². The first-order valence-electron chi connectivity index (χ1n) is 8.27. The van der Waals surface area contributed by atoms with Gasteiger partial charge in [0.15, 0.2) is 0 Å². The minimum absolute atomic E-state index is 0.0431. The Balaban J connectivity index is 1.51. The fourth-order valence-corrected chi connectivity index (χ4v) is 3.21. The summed E-state index contributed by atoms with van der Waals surface area (Å²) in [6, 6.07) is 9.70. The molecule has 1 aromatic carbocycles. The second-order valence-electron chi connectivity index (χ2n) is 6.06. The van der Waals surface area contributed by atoms with Crippen molar-refractivity contribution < 1.29 is 9.53 Å². The molecule has 6 heteroatoms. The molecule has 2 atom stereocenters. The molecule has 24 heavy (non-hydrogen) atoms. The monoisotopic (exact) mass is 324 g/mol. The summed E-state index contributed by atoms with van der Waals surface area (Å²) in [6.07, 6.45) is 4.46. The van der Waals surface area contributed by atoms with Crippen LogP contribution in [0.4, 0.5) is 0 Å². The van der Waals surface area contributed by atoms with Gasteiger partial charge in [0.2, 0.25) is 0 Å². The Morgan fingerprint density at radius 1 is 1.46 bits per heavy atom. The average molecular weight is 324 g/mol. The predicted octanol–water partition coefficient (Wildman–Crippen LogP) is 2.64. The molecule has 0 bridgehead atoms. The van der Waals surface area contributed by atoms with Gasteiger partial charge in [-0.3, -0.25) is 9.48 Å².